The van der Waals surface area contributed by atoms with Gasteiger partial charge in [-0.15, -0.1) is 0 Å². The molecular weight excluding hydrogens is 851 g/mol. The van der Waals surface area contributed by atoms with Crippen molar-refractivity contribution >= 4 is 52.8 Å². The van der Waals surface area contributed by atoms with Crippen LogP contribution >= 0.6 is 0 Å². The molecule has 5 atom stereocenters. The third-order valence-electron chi connectivity index (χ3n) is 13.5. The van der Waals surface area contributed by atoms with E-state index < -0.39 is 47.2 Å². The fraction of sp³-hybridized carbons (Fsp3) is 0.500. The van der Waals surface area contributed by atoms with Gasteiger partial charge in [-0.2, -0.15) is 0 Å². The van der Waals surface area contributed by atoms with Crippen LogP contribution in [0.3, 0.4) is 0 Å². The first-order valence-electron chi connectivity index (χ1n) is 23.7. The highest BCUT2D eigenvalue weighted by Gasteiger charge is 2.40. The van der Waals surface area contributed by atoms with Crippen molar-refractivity contribution in [3.8, 4) is 16.9 Å². The molecule has 15 heteroatoms. The summed E-state index contributed by atoms with van der Waals surface area (Å²) in [4.78, 5) is 77.2. The minimum atomic E-state index is -1.16. The molecule has 7 rings (SSSR count). The first-order chi connectivity index (χ1) is 32.0. The number of carbonyl (C=O) groups is 5. The fourth-order valence-electron chi connectivity index (χ4n) is 10.1. The Morgan fingerprint density at radius 2 is 1.85 bits per heavy atom. The number of esters is 1. The Balaban J connectivity index is 1.30. The molecule has 0 radical (unpaired) electrons. The number of phenols is 1. The summed E-state index contributed by atoms with van der Waals surface area (Å²) in [6.07, 6.45) is 10.3. The summed E-state index contributed by atoms with van der Waals surface area (Å²) in [5.41, 5.74) is 8.56. The van der Waals surface area contributed by atoms with E-state index in [-0.39, 0.29) is 55.7 Å². The van der Waals surface area contributed by atoms with Crippen LogP contribution in [0.2, 0.25) is 0 Å². The molecule has 0 saturated carbocycles. The highest BCUT2D eigenvalue weighted by Crippen LogP contribution is 2.38. The van der Waals surface area contributed by atoms with Crippen LogP contribution in [0.5, 0.6) is 5.75 Å². The van der Waals surface area contributed by atoms with Crippen molar-refractivity contribution in [2.24, 2.45) is 22.2 Å². The van der Waals surface area contributed by atoms with E-state index in [2.05, 4.69) is 67.4 Å². The number of likely N-dealkylation sites (N-methyl/N-ethyl adjacent to an activating group) is 1. The molecule has 3 N–H and O–H groups in total. The average Bonchev–Trinajstić information content (AvgIpc) is 4.09. The normalized spacial score (nSPS) is 23.0. The van der Waals surface area contributed by atoms with E-state index in [0.717, 1.165) is 46.3 Å². The number of aromatic hydroxyl groups is 1. The number of nitrogens with one attached hydrogen (secondary N) is 2. The lowest BCUT2D eigenvalue weighted by atomic mass is 9.85. The lowest BCUT2D eigenvalue weighted by Gasteiger charge is -2.37. The van der Waals surface area contributed by atoms with Gasteiger partial charge in [-0.05, 0) is 110 Å². The Labute approximate surface area is 393 Å². The molecule has 67 heavy (non-hydrogen) atoms. The van der Waals surface area contributed by atoms with Gasteiger partial charge in [-0.1, -0.05) is 59.1 Å². The van der Waals surface area contributed by atoms with Crippen LogP contribution in [0, 0.1) is 17.3 Å². The number of cyclic esters (lactones) is 1. The van der Waals surface area contributed by atoms with Crippen LogP contribution in [-0.4, -0.2) is 124 Å². The van der Waals surface area contributed by atoms with Gasteiger partial charge in [0.25, 0.3) is 5.91 Å². The molecule has 5 heterocycles. The van der Waals surface area contributed by atoms with Gasteiger partial charge in [0.2, 0.25) is 17.7 Å². The summed E-state index contributed by atoms with van der Waals surface area (Å²) in [5.74, 6) is -2.86. The van der Waals surface area contributed by atoms with Crippen molar-refractivity contribution in [2.45, 2.75) is 110 Å². The van der Waals surface area contributed by atoms with Gasteiger partial charge in [0.05, 0.1) is 24.3 Å². The molecule has 4 aliphatic rings. The number of aromatic nitrogens is 1. The molecule has 3 saturated heterocycles. The second-order valence-corrected chi connectivity index (χ2v) is 19.5. The largest absolute Gasteiger partial charge is 0.508 e. The molecule has 0 unspecified atom stereocenters. The third-order valence-corrected chi connectivity index (χ3v) is 13.5. The van der Waals surface area contributed by atoms with E-state index in [9.17, 15) is 29.1 Å². The maximum Gasteiger partial charge on any atom is 0.324 e. The number of hydrazine groups is 1. The van der Waals surface area contributed by atoms with Gasteiger partial charge >= 0.3 is 5.97 Å². The number of allylic oxidation sites excluding steroid dienone is 1. The Morgan fingerprint density at radius 1 is 1.06 bits per heavy atom. The Morgan fingerprint density at radius 3 is 2.55 bits per heavy atom. The summed E-state index contributed by atoms with van der Waals surface area (Å²) >= 11 is 0. The minimum absolute atomic E-state index is 0.0108. The van der Waals surface area contributed by atoms with E-state index in [4.69, 9.17) is 14.5 Å². The number of aliphatic imine (C=N–C) groups is 1. The van der Waals surface area contributed by atoms with Crippen LogP contribution < -0.4 is 10.7 Å². The molecule has 3 aromatic rings. The van der Waals surface area contributed by atoms with Crippen molar-refractivity contribution in [2.75, 3.05) is 39.9 Å². The van der Waals surface area contributed by atoms with E-state index in [1.807, 2.05) is 26.0 Å². The fourth-order valence-corrected chi connectivity index (χ4v) is 10.1. The Kier molecular flexibility index (Phi) is 15.2. The number of hydrogen-bond donors (Lipinski definition) is 3. The Bertz CT molecular complexity index is 2460. The first kappa shape index (κ1) is 48.9. The summed E-state index contributed by atoms with van der Waals surface area (Å²) in [7, 11) is 1.58. The molecule has 6 bridgehead atoms. The van der Waals surface area contributed by atoms with E-state index in [1.54, 1.807) is 36.4 Å². The van der Waals surface area contributed by atoms with Crippen molar-refractivity contribution in [3.05, 3.63) is 84.2 Å². The number of amides is 4. The summed E-state index contributed by atoms with van der Waals surface area (Å²) in [6, 6.07) is 8.49. The number of hydrogen-bond acceptors (Lipinski definition) is 10. The standard InChI is InChI=1S/C52H67N7O8/c1-9-19-53-41(45-15-13-22-66-45)28-44-39-29-52(6,7)31-67-51(65)40-14-12-20-59(55-40)50(64)42(25-33-23-36(26-37(60)24-33)34-16-17-43(38(39)27-34)58(44)11-3)54-48(62)47(32(4)5)56(8)49(63)35-18-21-57(30-35)46(61)10-2/h9-10,16-17,19,23-24,26-28,32,35,40,42,45,47,55,60H,1-2,11-15,18,20-22,25,29-31H2,3-8H3,(H,54,62)/b41-28+,53-19?/t35-,40-,42-,45-,47-/m0/s1. The molecule has 0 aliphatic carbocycles. The summed E-state index contributed by atoms with van der Waals surface area (Å²) in [6.45, 7) is 19.7. The van der Waals surface area contributed by atoms with E-state index in [0.29, 0.717) is 56.5 Å². The number of carbonyl (C=O) groups excluding carboxylic acids is 5. The van der Waals surface area contributed by atoms with Crippen molar-refractivity contribution in [3.63, 3.8) is 0 Å². The second kappa shape index (κ2) is 20.8. The van der Waals surface area contributed by atoms with Crippen LogP contribution in [0.4, 0.5) is 0 Å². The van der Waals surface area contributed by atoms with Crippen molar-refractivity contribution in [1.29, 1.82) is 0 Å². The van der Waals surface area contributed by atoms with Crippen LogP contribution in [-0.2, 0) is 52.8 Å². The summed E-state index contributed by atoms with van der Waals surface area (Å²) < 4.78 is 14.5. The third kappa shape index (κ3) is 10.9. The number of likely N-dealkylation sites (tertiary alicyclic amines) is 1. The zero-order valence-corrected chi connectivity index (χ0v) is 39.9. The van der Waals surface area contributed by atoms with E-state index in [1.165, 1.54) is 16.0 Å². The average molecular weight is 918 g/mol. The first-order valence-corrected chi connectivity index (χ1v) is 23.7. The zero-order chi connectivity index (χ0) is 48.2. The van der Waals surface area contributed by atoms with Gasteiger partial charge in [0.1, 0.15) is 23.9 Å². The topological polar surface area (TPSA) is 175 Å². The lowest BCUT2D eigenvalue weighted by Crippen LogP contribution is -2.62. The number of phenolic OH excluding ortho intramolecular Hbond substituents is 1. The number of rotatable bonds is 11. The van der Waals surface area contributed by atoms with Crippen molar-refractivity contribution in [1.82, 2.24) is 30.1 Å². The van der Waals surface area contributed by atoms with Gasteiger partial charge in [0.15, 0.2) is 0 Å². The van der Waals surface area contributed by atoms with Crippen LogP contribution in [0.1, 0.15) is 83.5 Å². The van der Waals surface area contributed by atoms with Gasteiger partial charge in [-0.3, -0.25) is 34.0 Å². The predicted molar refractivity (Wildman–Crippen MR) is 259 cm³/mol. The lowest BCUT2D eigenvalue weighted by molar-refractivity contribution is -0.155. The number of nitrogens with zero attached hydrogens (tertiary/aromatic N) is 5. The molecule has 1 aromatic heterocycles. The molecule has 358 valence electrons. The number of ether oxygens (including phenoxy) is 2. The molecule has 4 aliphatic heterocycles. The minimum Gasteiger partial charge on any atom is -0.508 e. The highest BCUT2D eigenvalue weighted by atomic mass is 16.5. The summed E-state index contributed by atoms with van der Waals surface area (Å²) in [5, 5.41) is 16.7. The molecular formula is C52H67N7O8. The molecule has 4 amide bonds. The molecule has 3 fully saturated rings. The molecule has 0 spiro atoms. The maximum absolute atomic E-state index is 14.7. The molecule has 15 nitrogen and oxygen atoms in total. The molecule has 2 aromatic carbocycles. The van der Waals surface area contributed by atoms with E-state index >= 15 is 0 Å². The van der Waals surface area contributed by atoms with Crippen LogP contribution in [0.15, 0.2) is 72.4 Å². The smallest absolute Gasteiger partial charge is 0.324 e. The highest BCUT2D eigenvalue weighted by molar-refractivity contribution is 5.95. The van der Waals surface area contributed by atoms with Gasteiger partial charge in [0, 0.05) is 74.5 Å². The van der Waals surface area contributed by atoms with Crippen molar-refractivity contribution < 1.29 is 38.6 Å². The number of aryl methyl sites for hydroxylation is 1. The van der Waals surface area contributed by atoms with Gasteiger partial charge < -0.3 is 34.3 Å². The van der Waals surface area contributed by atoms with Gasteiger partial charge in [-0.25, -0.2) is 5.43 Å². The quantitative estimate of drug-likeness (QED) is 0.119. The predicted octanol–water partition coefficient (Wildman–Crippen LogP) is 5.98. The SMILES string of the molecule is C=CC=N/C(=C/c1c2c3cc(ccc3n1CC)-c1cc(O)cc(c1)C[C@H](NC(=O)[C@H](C(C)C)N(C)C(=O)[C@H]1CCN(C(=O)C=C)C1)C(=O)N1CCC[C@H](N1)C(=O)OCC(C)(C)C2)[C@@H]1CCCO1. The second-order valence-electron chi connectivity index (χ2n) is 19.5. The van der Waals surface area contributed by atoms with Crippen LogP contribution in [0.25, 0.3) is 28.1 Å². The maximum atomic E-state index is 14.7. The Hall–Kier alpha value is -6.06. The number of fused-ring (bicyclic) bond motifs is 6. The zero-order valence-electron chi connectivity index (χ0n) is 39.9. The monoisotopic (exact) mass is 918 g/mol. The number of benzene rings is 2.